The molecule has 0 aliphatic heterocycles. The number of amides is 3. The number of phenolic OH excluding ortho intramolecular Hbond substituents is 1. The zero-order valence-corrected chi connectivity index (χ0v) is 24.0. The average molecular weight is 562 g/mol. The third-order valence-corrected chi connectivity index (χ3v) is 6.41. The predicted molar refractivity (Wildman–Crippen MR) is 154 cm³/mol. The first kappa shape index (κ1) is 31.1. The summed E-state index contributed by atoms with van der Waals surface area (Å²) in [6, 6.07) is 9.20. The third-order valence-electron chi connectivity index (χ3n) is 5.45. The first-order chi connectivity index (χ1) is 17.9. The van der Waals surface area contributed by atoms with E-state index in [0.29, 0.717) is 28.4 Å². The number of halogens is 1. The van der Waals surface area contributed by atoms with Crippen molar-refractivity contribution >= 4 is 47.0 Å². The first-order valence-electron chi connectivity index (χ1n) is 12.1. The highest BCUT2D eigenvalue weighted by molar-refractivity contribution is 7.98. The Kier molecular flexibility index (Phi) is 11.5. The molecule has 0 bridgehead atoms. The topological polar surface area (TPSA) is 108 Å². The van der Waals surface area contributed by atoms with E-state index in [0.717, 1.165) is 5.56 Å². The van der Waals surface area contributed by atoms with Crippen molar-refractivity contribution in [2.24, 2.45) is 0 Å². The smallest absolute Gasteiger partial charge is 0.408 e. The Hall–Kier alpha value is -3.17. The minimum atomic E-state index is -1.12. The number of para-hydroxylation sites is 1. The van der Waals surface area contributed by atoms with Crippen LogP contribution in [0.5, 0.6) is 5.75 Å². The Bertz CT molecular complexity index is 1110. The van der Waals surface area contributed by atoms with E-state index in [-0.39, 0.29) is 12.3 Å². The number of phenols is 1. The number of aryl methyl sites for hydroxylation is 1. The molecule has 2 rings (SSSR count). The minimum absolute atomic E-state index is 0.0147. The van der Waals surface area contributed by atoms with E-state index >= 15 is 0 Å². The molecule has 2 aromatic carbocycles. The fraction of sp³-hybridized carbons (Fsp3) is 0.393. The summed E-state index contributed by atoms with van der Waals surface area (Å²) in [5.74, 6) is -0.388. The molecule has 206 valence electrons. The molecule has 0 saturated carbocycles. The van der Waals surface area contributed by atoms with E-state index in [1.54, 1.807) is 45.0 Å². The summed E-state index contributed by atoms with van der Waals surface area (Å²) >= 11 is 7.88. The van der Waals surface area contributed by atoms with E-state index in [1.165, 1.54) is 34.9 Å². The lowest BCUT2D eigenvalue weighted by Gasteiger charge is -2.34. The summed E-state index contributed by atoms with van der Waals surface area (Å²) in [4.78, 5) is 41.7. The van der Waals surface area contributed by atoms with E-state index in [2.05, 4.69) is 17.2 Å². The largest absolute Gasteiger partial charge is 0.508 e. The van der Waals surface area contributed by atoms with E-state index < -0.39 is 35.6 Å². The second-order valence-electron chi connectivity index (χ2n) is 9.67. The summed E-state index contributed by atoms with van der Waals surface area (Å²) in [6.07, 6.45) is 3.00. The van der Waals surface area contributed by atoms with Crippen LogP contribution in [0.1, 0.15) is 44.4 Å². The molecule has 3 N–H and O–H groups in total. The summed E-state index contributed by atoms with van der Waals surface area (Å²) in [7, 11) is 0. The Morgan fingerprint density at radius 1 is 1.18 bits per heavy atom. The van der Waals surface area contributed by atoms with Gasteiger partial charge >= 0.3 is 6.09 Å². The van der Waals surface area contributed by atoms with Crippen molar-refractivity contribution in [1.29, 1.82) is 0 Å². The van der Waals surface area contributed by atoms with Crippen molar-refractivity contribution in [2.75, 3.05) is 23.9 Å². The summed E-state index contributed by atoms with van der Waals surface area (Å²) < 4.78 is 5.38. The SMILES string of the molecule is C=CCN(C(=O)C(CCSC)NC(=O)OC(C)(C)C)C(C(=O)Nc1c(C)cccc1Cl)c1ccc(O)cc1. The van der Waals surface area contributed by atoms with Gasteiger partial charge in [0.15, 0.2) is 0 Å². The second-order valence-corrected chi connectivity index (χ2v) is 11.1. The average Bonchev–Trinajstić information content (AvgIpc) is 2.83. The molecule has 0 aliphatic rings. The van der Waals surface area contributed by atoms with Gasteiger partial charge in [0.1, 0.15) is 23.4 Å². The highest BCUT2D eigenvalue weighted by atomic mass is 35.5. The number of ether oxygens (including phenoxy) is 1. The fourth-order valence-electron chi connectivity index (χ4n) is 3.72. The molecule has 2 aromatic rings. The summed E-state index contributed by atoms with van der Waals surface area (Å²) in [5.41, 5.74) is 0.890. The molecular weight excluding hydrogens is 526 g/mol. The summed E-state index contributed by atoms with van der Waals surface area (Å²) in [5, 5.41) is 15.7. The number of anilines is 1. The van der Waals surface area contributed by atoms with Crippen LogP contribution in [0.4, 0.5) is 10.5 Å². The van der Waals surface area contributed by atoms with Crippen molar-refractivity contribution in [3.05, 3.63) is 71.3 Å². The molecule has 0 aliphatic carbocycles. The number of nitrogens with zero attached hydrogens (tertiary/aromatic N) is 1. The minimum Gasteiger partial charge on any atom is -0.508 e. The van der Waals surface area contributed by atoms with Crippen LogP contribution < -0.4 is 10.6 Å². The van der Waals surface area contributed by atoms with E-state index in [9.17, 15) is 19.5 Å². The van der Waals surface area contributed by atoms with Crippen molar-refractivity contribution in [3.8, 4) is 5.75 Å². The molecule has 0 radical (unpaired) electrons. The normalized spacial score (nSPS) is 12.7. The second kappa shape index (κ2) is 14.1. The first-order valence-corrected chi connectivity index (χ1v) is 13.9. The maximum Gasteiger partial charge on any atom is 0.408 e. The quantitative estimate of drug-likeness (QED) is 0.304. The lowest BCUT2D eigenvalue weighted by atomic mass is 10.0. The number of aromatic hydroxyl groups is 1. The Morgan fingerprint density at radius 2 is 1.84 bits per heavy atom. The lowest BCUT2D eigenvalue weighted by Crippen LogP contribution is -2.52. The number of hydrogen-bond donors (Lipinski definition) is 3. The fourth-order valence-corrected chi connectivity index (χ4v) is 4.46. The third kappa shape index (κ3) is 8.99. The lowest BCUT2D eigenvalue weighted by molar-refractivity contribution is -0.140. The standard InChI is InChI=1S/C28H36ClN3O5S/c1-7-16-32(26(35)22(15-17-38-6)30-27(36)37-28(3,4)5)24(19-11-13-20(33)14-12-19)25(34)31-23-18(2)9-8-10-21(23)29/h7-14,22,24,33H,1,15-17H2,2-6H3,(H,30,36)(H,31,34). The molecule has 0 aromatic heterocycles. The number of carbonyl (C=O) groups is 3. The zero-order valence-electron chi connectivity index (χ0n) is 22.4. The van der Waals surface area contributed by atoms with Gasteiger partial charge in [-0.25, -0.2) is 4.79 Å². The van der Waals surface area contributed by atoms with Crippen LogP contribution in [0.25, 0.3) is 0 Å². The van der Waals surface area contributed by atoms with Crippen LogP contribution in [0.3, 0.4) is 0 Å². The number of rotatable bonds is 11. The van der Waals surface area contributed by atoms with Crippen LogP contribution in [0, 0.1) is 6.92 Å². The van der Waals surface area contributed by atoms with Crippen molar-refractivity contribution in [2.45, 2.75) is 51.8 Å². The van der Waals surface area contributed by atoms with Gasteiger partial charge in [0, 0.05) is 6.54 Å². The van der Waals surface area contributed by atoms with Crippen molar-refractivity contribution in [3.63, 3.8) is 0 Å². The number of hydrogen-bond acceptors (Lipinski definition) is 6. The summed E-state index contributed by atoms with van der Waals surface area (Å²) in [6.45, 7) is 10.8. The molecular formula is C28H36ClN3O5S. The molecule has 2 unspecified atom stereocenters. The van der Waals surface area contributed by atoms with Crippen LogP contribution in [-0.4, -0.2) is 58.1 Å². The molecule has 3 amide bonds. The Balaban J connectivity index is 2.51. The predicted octanol–water partition coefficient (Wildman–Crippen LogP) is 5.69. The molecule has 10 heteroatoms. The van der Waals surface area contributed by atoms with Gasteiger partial charge in [0.2, 0.25) is 5.91 Å². The molecule has 0 spiro atoms. The number of nitrogens with one attached hydrogen (secondary N) is 2. The molecule has 8 nitrogen and oxygen atoms in total. The Labute approximate surface area is 233 Å². The maximum absolute atomic E-state index is 14.0. The van der Waals surface area contributed by atoms with Gasteiger partial charge in [-0.1, -0.05) is 41.9 Å². The van der Waals surface area contributed by atoms with Gasteiger partial charge in [0.25, 0.3) is 5.91 Å². The van der Waals surface area contributed by atoms with Gasteiger partial charge < -0.3 is 25.4 Å². The van der Waals surface area contributed by atoms with E-state index in [4.69, 9.17) is 16.3 Å². The van der Waals surface area contributed by atoms with Crippen LogP contribution in [0.2, 0.25) is 5.02 Å². The zero-order chi connectivity index (χ0) is 28.5. The van der Waals surface area contributed by atoms with Crippen molar-refractivity contribution < 1.29 is 24.2 Å². The monoisotopic (exact) mass is 561 g/mol. The van der Waals surface area contributed by atoms with E-state index in [1.807, 2.05) is 19.2 Å². The number of benzene rings is 2. The van der Waals surface area contributed by atoms with Crippen LogP contribution >= 0.6 is 23.4 Å². The molecule has 38 heavy (non-hydrogen) atoms. The number of carbonyl (C=O) groups excluding carboxylic acids is 3. The Morgan fingerprint density at radius 3 is 2.39 bits per heavy atom. The number of thioether (sulfide) groups is 1. The van der Waals surface area contributed by atoms with Gasteiger partial charge in [-0.05, 0) is 75.5 Å². The van der Waals surface area contributed by atoms with Crippen LogP contribution in [0.15, 0.2) is 55.1 Å². The maximum atomic E-state index is 14.0. The van der Waals surface area contributed by atoms with Gasteiger partial charge in [-0.2, -0.15) is 11.8 Å². The van der Waals surface area contributed by atoms with Gasteiger partial charge in [-0.15, -0.1) is 6.58 Å². The molecule has 2 atom stereocenters. The number of alkyl carbamates (subject to hydrolysis) is 1. The molecule has 0 saturated heterocycles. The molecule has 0 fully saturated rings. The van der Waals surface area contributed by atoms with Gasteiger partial charge in [-0.3, -0.25) is 9.59 Å². The molecule has 0 heterocycles. The van der Waals surface area contributed by atoms with Crippen molar-refractivity contribution in [1.82, 2.24) is 10.2 Å². The van der Waals surface area contributed by atoms with Gasteiger partial charge in [0.05, 0.1) is 10.7 Å². The highest BCUT2D eigenvalue weighted by Crippen LogP contribution is 2.30. The highest BCUT2D eigenvalue weighted by Gasteiger charge is 2.36. The van der Waals surface area contributed by atoms with Crippen LogP contribution in [-0.2, 0) is 14.3 Å².